The van der Waals surface area contributed by atoms with Crippen LogP contribution in [0.2, 0.25) is 0 Å². The predicted molar refractivity (Wildman–Crippen MR) is 52.4 cm³/mol. The topological polar surface area (TPSA) is 70.7 Å². The van der Waals surface area contributed by atoms with Gasteiger partial charge in [-0.05, 0) is 18.2 Å². The lowest BCUT2D eigenvalue weighted by molar-refractivity contribution is 1.08. The number of H-pyrrole nitrogens is 1. The maximum absolute atomic E-state index is 10.9. The molecule has 0 amide bonds. The molecule has 2 heterocycles. The minimum absolute atomic E-state index is 0.376. The lowest BCUT2D eigenvalue weighted by atomic mass is 10.4. The van der Waals surface area contributed by atoms with Gasteiger partial charge in [-0.1, -0.05) is 0 Å². The molecule has 2 N–H and O–H groups in total. The largest absolute Gasteiger partial charge is 0.346 e. The molecule has 70 valence electrons. The summed E-state index contributed by atoms with van der Waals surface area (Å²) in [5, 5.41) is 2.99. The Kier molecular flexibility index (Phi) is 2.22. The number of pyridine rings is 1. The summed E-state index contributed by atoms with van der Waals surface area (Å²) < 4.78 is 0. The zero-order chi connectivity index (χ0) is 9.80. The molecule has 14 heavy (non-hydrogen) atoms. The van der Waals surface area contributed by atoms with E-state index < -0.39 is 0 Å². The summed E-state index contributed by atoms with van der Waals surface area (Å²) in [6.07, 6.45) is 4.79. The van der Waals surface area contributed by atoms with E-state index >= 15 is 0 Å². The second kappa shape index (κ2) is 3.69. The second-order valence-corrected chi connectivity index (χ2v) is 2.66. The van der Waals surface area contributed by atoms with Crippen LogP contribution in [-0.4, -0.2) is 15.0 Å². The van der Waals surface area contributed by atoms with Crippen LogP contribution in [0.1, 0.15) is 0 Å². The van der Waals surface area contributed by atoms with E-state index in [-0.39, 0.29) is 5.69 Å². The van der Waals surface area contributed by atoms with Gasteiger partial charge < -0.3 is 5.32 Å². The molecule has 0 aliphatic rings. The third-order valence-electron chi connectivity index (χ3n) is 1.62. The summed E-state index contributed by atoms with van der Waals surface area (Å²) >= 11 is 0. The lowest BCUT2D eigenvalue weighted by Gasteiger charge is -2.03. The van der Waals surface area contributed by atoms with E-state index in [1.165, 1.54) is 6.20 Å². The fraction of sp³-hybridized carbons (Fsp3) is 0. The van der Waals surface area contributed by atoms with Crippen LogP contribution >= 0.6 is 0 Å². The van der Waals surface area contributed by atoms with Crippen molar-refractivity contribution >= 4 is 11.5 Å². The Hall–Kier alpha value is -2.17. The highest BCUT2D eigenvalue weighted by Crippen LogP contribution is 2.09. The zero-order valence-corrected chi connectivity index (χ0v) is 7.27. The highest BCUT2D eigenvalue weighted by molar-refractivity contribution is 5.53. The van der Waals surface area contributed by atoms with Crippen molar-refractivity contribution < 1.29 is 0 Å². The average molecular weight is 188 g/mol. The van der Waals surface area contributed by atoms with Crippen LogP contribution in [0.3, 0.4) is 0 Å². The van der Waals surface area contributed by atoms with Crippen molar-refractivity contribution in [2.45, 2.75) is 0 Å². The fourth-order valence-corrected chi connectivity index (χ4v) is 1.03. The van der Waals surface area contributed by atoms with E-state index in [1.807, 2.05) is 12.1 Å². The molecule has 0 unspecified atom stereocenters. The molecular formula is C9H8N4O. The van der Waals surface area contributed by atoms with Gasteiger partial charge in [0.2, 0.25) is 0 Å². The van der Waals surface area contributed by atoms with Crippen LogP contribution in [-0.2, 0) is 0 Å². The molecular weight excluding hydrogens is 180 g/mol. The van der Waals surface area contributed by atoms with E-state index in [2.05, 4.69) is 20.3 Å². The van der Waals surface area contributed by atoms with Gasteiger partial charge in [0.05, 0.1) is 11.9 Å². The first-order chi connectivity index (χ1) is 6.84. The van der Waals surface area contributed by atoms with Crippen molar-refractivity contribution in [2.75, 3.05) is 5.32 Å². The molecule has 2 aromatic heterocycles. The molecule has 0 aromatic carbocycles. The van der Waals surface area contributed by atoms with Crippen LogP contribution in [0.25, 0.3) is 0 Å². The van der Waals surface area contributed by atoms with Crippen molar-refractivity contribution in [2.24, 2.45) is 0 Å². The minimum atomic E-state index is -0.376. The van der Waals surface area contributed by atoms with Crippen molar-refractivity contribution in [3.05, 3.63) is 47.3 Å². The maximum Gasteiger partial charge on any atom is 0.346 e. The van der Waals surface area contributed by atoms with Crippen molar-refractivity contribution in [1.82, 2.24) is 15.0 Å². The number of nitrogens with zero attached hydrogens (tertiary/aromatic N) is 2. The third kappa shape index (κ3) is 1.95. The van der Waals surface area contributed by atoms with Gasteiger partial charge in [-0.25, -0.2) is 9.78 Å². The average Bonchev–Trinajstić information content (AvgIpc) is 2.19. The number of aromatic amines is 1. The molecule has 0 spiro atoms. The monoisotopic (exact) mass is 188 g/mol. The van der Waals surface area contributed by atoms with Crippen molar-refractivity contribution in [3.8, 4) is 0 Å². The molecule has 2 aromatic rings. The molecule has 5 nitrogen and oxygen atoms in total. The summed E-state index contributed by atoms with van der Waals surface area (Å²) in [4.78, 5) is 20.9. The van der Waals surface area contributed by atoms with E-state index in [1.54, 1.807) is 18.5 Å². The van der Waals surface area contributed by atoms with Gasteiger partial charge in [0.1, 0.15) is 5.82 Å². The van der Waals surface area contributed by atoms with Gasteiger partial charge in [-0.2, -0.15) is 0 Å². The van der Waals surface area contributed by atoms with Gasteiger partial charge in [0.25, 0.3) is 0 Å². The van der Waals surface area contributed by atoms with Gasteiger partial charge in [-0.3, -0.25) is 9.97 Å². The van der Waals surface area contributed by atoms with Crippen LogP contribution in [0.15, 0.2) is 41.6 Å². The molecule has 0 fully saturated rings. The van der Waals surface area contributed by atoms with Crippen LogP contribution in [0, 0.1) is 0 Å². The van der Waals surface area contributed by atoms with E-state index in [9.17, 15) is 4.79 Å². The first kappa shape index (κ1) is 8.43. The molecule has 0 radical (unpaired) electrons. The first-order valence-corrected chi connectivity index (χ1v) is 4.07. The fourth-order valence-electron chi connectivity index (χ4n) is 1.03. The lowest BCUT2D eigenvalue weighted by Crippen LogP contribution is -2.10. The number of aromatic nitrogens is 3. The van der Waals surface area contributed by atoms with Gasteiger partial charge in [-0.15, -0.1) is 0 Å². The molecule has 0 saturated carbocycles. The van der Waals surface area contributed by atoms with Crippen molar-refractivity contribution in [1.29, 1.82) is 0 Å². The zero-order valence-electron chi connectivity index (χ0n) is 7.27. The molecule has 0 bridgehead atoms. The number of anilines is 2. The summed E-state index contributed by atoms with van der Waals surface area (Å²) in [7, 11) is 0. The summed E-state index contributed by atoms with van der Waals surface area (Å²) in [5.74, 6) is 0.595. The highest BCUT2D eigenvalue weighted by atomic mass is 16.1. The van der Waals surface area contributed by atoms with E-state index in [0.717, 1.165) is 5.69 Å². The van der Waals surface area contributed by atoms with Gasteiger partial charge in [0.15, 0.2) is 0 Å². The summed E-state index contributed by atoms with van der Waals surface area (Å²) in [5.41, 5.74) is 0.438. The quantitative estimate of drug-likeness (QED) is 0.734. The van der Waals surface area contributed by atoms with E-state index in [4.69, 9.17) is 0 Å². The molecule has 0 saturated heterocycles. The van der Waals surface area contributed by atoms with Crippen LogP contribution < -0.4 is 11.0 Å². The normalized spacial score (nSPS) is 9.71. The van der Waals surface area contributed by atoms with E-state index in [0.29, 0.717) is 5.82 Å². The first-order valence-electron chi connectivity index (χ1n) is 4.07. The number of hydrogen-bond acceptors (Lipinski definition) is 4. The molecule has 5 heteroatoms. The van der Waals surface area contributed by atoms with Crippen LogP contribution in [0.4, 0.5) is 11.5 Å². The maximum atomic E-state index is 10.9. The Morgan fingerprint density at radius 2 is 2.21 bits per heavy atom. The predicted octanol–water partition coefficient (Wildman–Crippen LogP) is 0.908. The molecule has 0 aliphatic carbocycles. The second-order valence-electron chi connectivity index (χ2n) is 2.66. The molecule has 0 aliphatic heterocycles. The summed E-state index contributed by atoms with van der Waals surface area (Å²) in [6, 6.07) is 5.34. The Labute approximate surface area is 79.9 Å². The number of hydrogen-bond donors (Lipinski definition) is 2. The standard InChI is InChI=1S/C9H8N4O/c14-9-11-5-3-8(13-9)12-7-2-1-4-10-6-7/h1-6H,(H2,11,12,13,14). The molecule has 0 atom stereocenters. The number of rotatable bonds is 2. The van der Waals surface area contributed by atoms with Gasteiger partial charge >= 0.3 is 5.69 Å². The number of nitrogens with one attached hydrogen (secondary N) is 2. The Morgan fingerprint density at radius 1 is 1.29 bits per heavy atom. The van der Waals surface area contributed by atoms with Gasteiger partial charge in [0, 0.05) is 12.4 Å². The highest BCUT2D eigenvalue weighted by Gasteiger charge is 1.93. The Balaban J connectivity index is 2.24. The minimum Gasteiger partial charge on any atom is -0.340 e. The SMILES string of the molecule is O=c1nccc(Nc2cccnc2)[nH]1. The Morgan fingerprint density at radius 3 is 2.93 bits per heavy atom. The Bertz CT molecular complexity index is 465. The summed E-state index contributed by atoms with van der Waals surface area (Å²) in [6.45, 7) is 0. The van der Waals surface area contributed by atoms with Crippen molar-refractivity contribution in [3.63, 3.8) is 0 Å². The third-order valence-corrected chi connectivity index (χ3v) is 1.62. The van der Waals surface area contributed by atoms with Crippen LogP contribution in [0.5, 0.6) is 0 Å². The smallest absolute Gasteiger partial charge is 0.340 e. The molecule has 2 rings (SSSR count).